The lowest BCUT2D eigenvalue weighted by atomic mass is 9.85. The van der Waals surface area contributed by atoms with E-state index in [4.69, 9.17) is 40.4 Å². The molecule has 35 heavy (non-hydrogen) atoms. The molecule has 9 heteroatoms. The van der Waals surface area contributed by atoms with Gasteiger partial charge in [0.1, 0.15) is 0 Å². The number of aliphatic imine (C=N–C) groups is 1. The Bertz CT molecular complexity index is 841. The summed E-state index contributed by atoms with van der Waals surface area (Å²) in [5.74, 6) is 1.16. The third-order valence-corrected chi connectivity index (χ3v) is 7.99. The summed E-state index contributed by atoms with van der Waals surface area (Å²) in [6.07, 6.45) is 10.7. The van der Waals surface area contributed by atoms with Gasteiger partial charge in [0.2, 0.25) is 0 Å². The Morgan fingerprint density at radius 1 is 1.17 bits per heavy atom. The maximum atomic E-state index is 13.1. The molecule has 1 aromatic carbocycles. The molecule has 1 aromatic rings. The van der Waals surface area contributed by atoms with Crippen LogP contribution in [-0.2, 0) is 11.2 Å². The van der Waals surface area contributed by atoms with Crippen LogP contribution < -0.4 is 22.5 Å². The van der Waals surface area contributed by atoms with E-state index in [0.717, 1.165) is 31.4 Å². The van der Waals surface area contributed by atoms with Gasteiger partial charge in [-0.3, -0.25) is 14.7 Å². The van der Waals surface area contributed by atoms with Crippen molar-refractivity contribution in [3.8, 4) is 0 Å². The van der Waals surface area contributed by atoms with Crippen molar-refractivity contribution in [3.05, 3.63) is 33.8 Å². The molecule has 0 spiro atoms. The number of ketones is 1. The number of nitrogens with two attached hydrogens (primary N) is 3. The Hall–Kier alpha value is -1.38. The van der Waals surface area contributed by atoms with Crippen molar-refractivity contribution in [2.24, 2.45) is 28.1 Å². The first-order chi connectivity index (χ1) is 16.8. The largest absolute Gasteiger partial charge is 0.370 e. The van der Waals surface area contributed by atoms with Gasteiger partial charge >= 0.3 is 0 Å². The van der Waals surface area contributed by atoms with Gasteiger partial charge < -0.3 is 22.5 Å². The summed E-state index contributed by atoms with van der Waals surface area (Å²) in [6, 6.07) is 5.56. The molecule has 1 unspecified atom stereocenters. The number of carbonyl (C=O) groups is 1. The Labute approximate surface area is 220 Å². The van der Waals surface area contributed by atoms with E-state index >= 15 is 0 Å². The number of nitrogens with zero attached hydrogens (tertiary/aromatic N) is 2. The average Bonchev–Trinajstić information content (AvgIpc) is 2.83. The Morgan fingerprint density at radius 2 is 1.94 bits per heavy atom. The van der Waals surface area contributed by atoms with Crippen LogP contribution in [0.25, 0.3) is 0 Å². The van der Waals surface area contributed by atoms with E-state index in [1.165, 1.54) is 32.1 Å². The summed E-state index contributed by atoms with van der Waals surface area (Å²) in [5.41, 5.74) is 18.5. The molecule has 1 heterocycles. The topological polar surface area (TPSA) is 123 Å². The lowest BCUT2D eigenvalue weighted by Crippen LogP contribution is -2.61. The van der Waals surface area contributed by atoms with Gasteiger partial charge in [-0.15, -0.1) is 0 Å². The van der Waals surface area contributed by atoms with E-state index in [2.05, 4.69) is 15.2 Å². The molecule has 7 nitrogen and oxygen atoms in total. The number of piperazine rings is 1. The second kappa shape index (κ2) is 14.4. The molecular weight excluding hydrogens is 483 g/mol. The lowest BCUT2D eigenvalue weighted by Gasteiger charge is -2.41. The number of benzene rings is 1. The molecule has 196 valence electrons. The molecule has 7 N–H and O–H groups in total. The highest BCUT2D eigenvalue weighted by molar-refractivity contribution is 6.35. The first-order valence-electron chi connectivity index (χ1n) is 13.1. The summed E-state index contributed by atoms with van der Waals surface area (Å²) in [5, 5.41) is 4.77. The molecule has 0 radical (unpaired) electrons. The zero-order chi connectivity index (χ0) is 25.2. The average molecular weight is 526 g/mol. The molecule has 0 aromatic heterocycles. The number of rotatable bonds is 12. The Kier molecular flexibility index (Phi) is 11.6. The SMILES string of the molecule is NC(N)=NCCCC1CN[C@@H](C(=O)CCC2CCCCC2)CN1C[C@@H](N)Cc1ccc(Cl)cc1Cl. The molecule has 2 aliphatic rings. The van der Waals surface area contributed by atoms with Gasteiger partial charge in [-0.2, -0.15) is 0 Å². The molecule has 0 bridgehead atoms. The second-order valence-electron chi connectivity index (χ2n) is 10.2. The number of hydrogen-bond acceptors (Lipinski definition) is 5. The summed E-state index contributed by atoms with van der Waals surface area (Å²) in [6.45, 7) is 2.73. The quantitative estimate of drug-likeness (QED) is 0.188. The van der Waals surface area contributed by atoms with Gasteiger partial charge in [-0.25, -0.2) is 0 Å². The number of Topliss-reactive ketones (excluding diaryl/α,β-unsaturated/α-hetero) is 1. The van der Waals surface area contributed by atoms with Crippen LogP contribution in [0.4, 0.5) is 0 Å². The van der Waals surface area contributed by atoms with Gasteiger partial charge in [0.25, 0.3) is 0 Å². The first-order valence-corrected chi connectivity index (χ1v) is 13.8. The summed E-state index contributed by atoms with van der Waals surface area (Å²) in [4.78, 5) is 19.6. The van der Waals surface area contributed by atoms with Gasteiger partial charge in [-0.05, 0) is 49.3 Å². The monoisotopic (exact) mass is 524 g/mol. The molecule has 1 saturated heterocycles. The summed E-state index contributed by atoms with van der Waals surface area (Å²) in [7, 11) is 0. The third-order valence-electron chi connectivity index (χ3n) is 7.40. The zero-order valence-electron chi connectivity index (χ0n) is 20.7. The van der Waals surface area contributed by atoms with Crippen LogP contribution >= 0.6 is 23.2 Å². The van der Waals surface area contributed by atoms with E-state index in [1.807, 2.05) is 12.1 Å². The maximum absolute atomic E-state index is 13.1. The van der Waals surface area contributed by atoms with Crippen LogP contribution in [0.5, 0.6) is 0 Å². The van der Waals surface area contributed by atoms with Crippen molar-refractivity contribution in [2.75, 3.05) is 26.2 Å². The molecule has 1 aliphatic carbocycles. The molecule has 3 atom stereocenters. The number of halogens is 2. The third kappa shape index (κ3) is 9.54. The van der Waals surface area contributed by atoms with Crippen LogP contribution in [0.3, 0.4) is 0 Å². The smallest absolute Gasteiger partial charge is 0.185 e. The van der Waals surface area contributed by atoms with Crippen molar-refractivity contribution < 1.29 is 4.79 Å². The van der Waals surface area contributed by atoms with Gasteiger partial charge in [0, 0.05) is 54.7 Å². The van der Waals surface area contributed by atoms with Crippen LogP contribution in [0, 0.1) is 5.92 Å². The normalized spacial score (nSPS) is 22.6. The van der Waals surface area contributed by atoms with Crippen LogP contribution in [0.15, 0.2) is 23.2 Å². The minimum Gasteiger partial charge on any atom is -0.370 e. The van der Waals surface area contributed by atoms with Crippen molar-refractivity contribution in [1.82, 2.24) is 10.2 Å². The van der Waals surface area contributed by atoms with Gasteiger partial charge in [-0.1, -0.05) is 61.4 Å². The predicted molar refractivity (Wildman–Crippen MR) is 146 cm³/mol. The highest BCUT2D eigenvalue weighted by Gasteiger charge is 2.32. The molecule has 0 amide bonds. The fraction of sp³-hybridized carbons (Fsp3) is 0.692. The molecule has 1 saturated carbocycles. The lowest BCUT2D eigenvalue weighted by molar-refractivity contribution is -0.123. The van der Waals surface area contributed by atoms with E-state index in [0.29, 0.717) is 54.2 Å². The van der Waals surface area contributed by atoms with Gasteiger partial charge in [0.05, 0.1) is 6.04 Å². The minimum atomic E-state index is -0.140. The minimum absolute atomic E-state index is 0.107. The van der Waals surface area contributed by atoms with E-state index in [-0.39, 0.29) is 24.1 Å². The predicted octanol–water partition coefficient (Wildman–Crippen LogP) is 3.49. The fourth-order valence-corrected chi connectivity index (χ4v) is 5.93. The molecule has 3 rings (SSSR count). The second-order valence-corrected chi connectivity index (χ2v) is 11.1. The van der Waals surface area contributed by atoms with E-state index in [9.17, 15) is 4.79 Å². The highest BCUT2D eigenvalue weighted by atomic mass is 35.5. The van der Waals surface area contributed by atoms with Crippen molar-refractivity contribution >= 4 is 34.9 Å². The molecule has 1 aliphatic heterocycles. The van der Waals surface area contributed by atoms with Crippen LogP contribution in [0.2, 0.25) is 10.0 Å². The maximum Gasteiger partial charge on any atom is 0.185 e. The van der Waals surface area contributed by atoms with Crippen molar-refractivity contribution in [1.29, 1.82) is 0 Å². The number of nitrogens with one attached hydrogen (secondary N) is 1. The molecule has 2 fully saturated rings. The zero-order valence-corrected chi connectivity index (χ0v) is 22.2. The van der Waals surface area contributed by atoms with Crippen molar-refractivity contribution in [2.45, 2.75) is 82.3 Å². The van der Waals surface area contributed by atoms with Crippen LogP contribution in [0.1, 0.15) is 63.4 Å². The van der Waals surface area contributed by atoms with E-state index < -0.39 is 0 Å². The highest BCUT2D eigenvalue weighted by Crippen LogP contribution is 2.28. The number of carbonyl (C=O) groups excluding carboxylic acids is 1. The Morgan fingerprint density at radius 3 is 2.66 bits per heavy atom. The first kappa shape index (κ1) is 28.2. The van der Waals surface area contributed by atoms with Gasteiger partial charge in [0.15, 0.2) is 11.7 Å². The van der Waals surface area contributed by atoms with E-state index in [1.54, 1.807) is 6.07 Å². The summed E-state index contributed by atoms with van der Waals surface area (Å²) < 4.78 is 0. The van der Waals surface area contributed by atoms with Crippen molar-refractivity contribution in [3.63, 3.8) is 0 Å². The Balaban J connectivity index is 1.58. The fourth-order valence-electron chi connectivity index (χ4n) is 5.45. The van der Waals surface area contributed by atoms with Crippen LogP contribution in [-0.4, -0.2) is 60.9 Å². The summed E-state index contributed by atoms with van der Waals surface area (Å²) >= 11 is 12.4. The molecular formula is C26H42Cl2N6O. The standard InChI is InChI=1S/C26H42Cl2N6O/c27-20-10-9-19(23(28)14-20)13-21(29)16-34-17-24(25(35)11-8-18-5-2-1-3-6-18)33-15-22(34)7-4-12-32-26(30)31/h9-10,14,18,21-22,24,33H,1-8,11-13,15-17,29H2,(H4,30,31,32)/t21-,22?,24+/m0/s1. The number of guanidine groups is 1. The number of hydrogen-bond donors (Lipinski definition) is 4.